The lowest BCUT2D eigenvalue weighted by molar-refractivity contribution is -0.215. The second kappa shape index (κ2) is 11.1. The fourth-order valence-corrected chi connectivity index (χ4v) is 8.42. The van der Waals surface area contributed by atoms with Gasteiger partial charge in [0.15, 0.2) is 5.79 Å². The number of hydrogen-bond acceptors (Lipinski definition) is 7. The first-order valence-corrected chi connectivity index (χ1v) is 15.8. The van der Waals surface area contributed by atoms with Crippen LogP contribution in [0.3, 0.4) is 0 Å². The summed E-state index contributed by atoms with van der Waals surface area (Å²) in [6.45, 7) is 10.3. The van der Waals surface area contributed by atoms with Crippen molar-refractivity contribution in [3.05, 3.63) is 82.9 Å². The third-order valence-corrected chi connectivity index (χ3v) is 10.4. The van der Waals surface area contributed by atoms with Crippen molar-refractivity contribution < 1.29 is 33.4 Å². The van der Waals surface area contributed by atoms with Crippen molar-refractivity contribution in [2.24, 2.45) is 16.7 Å². The Morgan fingerprint density at radius 2 is 1.61 bits per heavy atom. The second-order valence-electron chi connectivity index (χ2n) is 13.9. The Kier molecular flexibility index (Phi) is 7.80. The lowest BCUT2D eigenvalue weighted by Crippen LogP contribution is -2.55. The van der Waals surface area contributed by atoms with Crippen LogP contribution in [-0.2, 0) is 30.4 Å². The molecular weight excluding hydrogens is 582 g/mol. The maximum absolute atomic E-state index is 14.3. The molecule has 44 heavy (non-hydrogen) atoms. The SMILES string of the molecule is CC1(C)O[C@@H](C=C2[C@@H](Cl)C[C@H]3C(C)(C)CCC[C@]23C)[C@](COCc2ccccc2)(C(=O)ON2C(=O)c3ccccc3C2=O)O1. The molecule has 6 rings (SSSR count). The standard InChI is InChI=1S/C35H40ClNO7/c1-32(2)16-11-17-34(5)25(26(36)19-27(32)34)18-28-35(44-33(3,4)42-28,21-41-20-22-12-7-6-8-13-22)31(40)43-37-29(38)23-14-9-10-15-24(23)30(37)39/h6-10,12-15,18,26-28H,11,16-17,19-21H2,1-5H3/t26-,27-,28-,34+,35+/m0/s1. The number of amides is 2. The second-order valence-corrected chi connectivity index (χ2v) is 14.4. The summed E-state index contributed by atoms with van der Waals surface area (Å²) in [4.78, 5) is 46.2. The van der Waals surface area contributed by atoms with Crippen molar-refractivity contribution in [2.45, 2.75) is 89.8 Å². The molecule has 0 spiro atoms. The minimum absolute atomic E-state index is 0.113. The Labute approximate surface area is 263 Å². The zero-order chi connectivity index (χ0) is 31.5. The number of rotatable bonds is 7. The number of halogens is 1. The monoisotopic (exact) mass is 621 g/mol. The number of benzene rings is 2. The van der Waals surface area contributed by atoms with Crippen LogP contribution in [0.25, 0.3) is 0 Å². The summed E-state index contributed by atoms with van der Waals surface area (Å²) in [6.07, 6.45) is 4.97. The van der Waals surface area contributed by atoms with Gasteiger partial charge in [0.25, 0.3) is 11.8 Å². The van der Waals surface area contributed by atoms with Gasteiger partial charge in [0.1, 0.15) is 6.10 Å². The van der Waals surface area contributed by atoms with Crippen molar-refractivity contribution in [3.63, 3.8) is 0 Å². The fraction of sp³-hybridized carbons (Fsp3) is 0.514. The van der Waals surface area contributed by atoms with E-state index in [1.807, 2.05) is 36.4 Å². The number of imide groups is 1. The molecular formula is C35H40ClNO7. The van der Waals surface area contributed by atoms with E-state index in [1.165, 1.54) is 12.1 Å². The van der Waals surface area contributed by atoms with Crippen LogP contribution in [0.2, 0.25) is 0 Å². The molecule has 1 saturated heterocycles. The quantitative estimate of drug-likeness (QED) is 0.195. The Morgan fingerprint density at radius 3 is 2.27 bits per heavy atom. The number of nitrogens with zero attached hydrogens (tertiary/aromatic N) is 1. The van der Waals surface area contributed by atoms with Gasteiger partial charge in [0, 0.05) is 0 Å². The number of carbonyl (C=O) groups is 3. The minimum atomic E-state index is -1.84. The van der Waals surface area contributed by atoms with Crippen molar-refractivity contribution in [3.8, 4) is 0 Å². The van der Waals surface area contributed by atoms with E-state index in [0.29, 0.717) is 11.0 Å². The Balaban J connectivity index is 1.37. The van der Waals surface area contributed by atoms with Crippen molar-refractivity contribution in [1.29, 1.82) is 0 Å². The van der Waals surface area contributed by atoms with E-state index in [2.05, 4.69) is 20.8 Å². The summed E-state index contributed by atoms with van der Waals surface area (Å²) in [5.41, 5.74) is 0.338. The fourth-order valence-electron chi connectivity index (χ4n) is 7.92. The molecule has 2 aromatic rings. The predicted molar refractivity (Wildman–Crippen MR) is 163 cm³/mol. The van der Waals surface area contributed by atoms with Crippen LogP contribution in [0.1, 0.15) is 86.6 Å². The van der Waals surface area contributed by atoms with Gasteiger partial charge in [-0.2, -0.15) is 0 Å². The molecule has 2 amide bonds. The van der Waals surface area contributed by atoms with Crippen molar-refractivity contribution >= 4 is 29.4 Å². The number of fused-ring (bicyclic) bond motifs is 2. The molecule has 234 valence electrons. The maximum atomic E-state index is 14.3. The Bertz CT molecular complexity index is 1470. The summed E-state index contributed by atoms with van der Waals surface area (Å²) in [7, 11) is 0. The number of hydrogen-bond donors (Lipinski definition) is 0. The normalized spacial score (nSPS) is 33.0. The van der Waals surface area contributed by atoms with Crippen LogP contribution in [0, 0.1) is 16.7 Å². The molecule has 0 bridgehead atoms. The van der Waals surface area contributed by atoms with E-state index < -0.39 is 35.3 Å². The molecule has 8 nitrogen and oxygen atoms in total. The third kappa shape index (κ3) is 5.19. The predicted octanol–water partition coefficient (Wildman–Crippen LogP) is 6.62. The van der Waals surface area contributed by atoms with Gasteiger partial charge < -0.3 is 19.0 Å². The Morgan fingerprint density at radius 1 is 0.977 bits per heavy atom. The summed E-state index contributed by atoms with van der Waals surface area (Å²) >= 11 is 7.09. The van der Waals surface area contributed by atoms with Crippen LogP contribution in [0.5, 0.6) is 0 Å². The molecule has 4 aliphatic rings. The summed E-state index contributed by atoms with van der Waals surface area (Å²) in [5.74, 6) is -3.25. The average Bonchev–Trinajstić information content (AvgIpc) is 3.50. The smallest absolute Gasteiger partial charge is 0.370 e. The number of hydroxylamine groups is 2. The van der Waals surface area contributed by atoms with Crippen LogP contribution in [0.15, 0.2) is 66.2 Å². The van der Waals surface area contributed by atoms with Crippen LogP contribution in [0.4, 0.5) is 0 Å². The molecule has 5 atom stereocenters. The van der Waals surface area contributed by atoms with Gasteiger partial charge in [-0.05, 0) is 73.1 Å². The highest BCUT2D eigenvalue weighted by Gasteiger charge is 2.62. The molecule has 2 saturated carbocycles. The summed E-state index contributed by atoms with van der Waals surface area (Å²) < 4.78 is 19.0. The average molecular weight is 622 g/mol. The molecule has 2 aliphatic heterocycles. The van der Waals surface area contributed by atoms with Crippen LogP contribution >= 0.6 is 11.6 Å². The topological polar surface area (TPSA) is 91.4 Å². The number of ether oxygens (including phenoxy) is 3. The van der Waals surface area contributed by atoms with E-state index >= 15 is 0 Å². The number of allylic oxidation sites excluding steroid dienone is 1. The largest absolute Gasteiger partial charge is 0.373 e. The Hall–Kier alpha value is -3.04. The zero-order valence-electron chi connectivity index (χ0n) is 25.9. The highest BCUT2D eigenvalue weighted by Crippen LogP contribution is 2.63. The maximum Gasteiger partial charge on any atom is 0.370 e. The van der Waals surface area contributed by atoms with Gasteiger partial charge >= 0.3 is 5.97 Å². The van der Waals surface area contributed by atoms with Gasteiger partial charge in [0.05, 0.1) is 29.7 Å². The molecule has 0 N–H and O–H groups in total. The van der Waals surface area contributed by atoms with Gasteiger partial charge in [-0.15, -0.1) is 11.6 Å². The van der Waals surface area contributed by atoms with Crippen LogP contribution < -0.4 is 0 Å². The molecule has 0 aromatic heterocycles. The summed E-state index contributed by atoms with van der Waals surface area (Å²) in [6, 6.07) is 15.9. The number of carbonyl (C=O) groups excluding carboxylic acids is 3. The van der Waals surface area contributed by atoms with Crippen molar-refractivity contribution in [2.75, 3.05) is 6.61 Å². The van der Waals surface area contributed by atoms with Crippen LogP contribution in [-0.4, -0.2) is 52.3 Å². The van der Waals surface area contributed by atoms with Gasteiger partial charge in [-0.3, -0.25) is 9.59 Å². The third-order valence-electron chi connectivity index (χ3n) is 10.0. The van der Waals surface area contributed by atoms with E-state index in [9.17, 15) is 14.4 Å². The zero-order valence-corrected chi connectivity index (χ0v) is 26.7. The lowest BCUT2D eigenvalue weighted by atomic mass is 9.57. The molecule has 2 aromatic carbocycles. The van der Waals surface area contributed by atoms with Crippen molar-refractivity contribution in [1.82, 2.24) is 5.06 Å². The van der Waals surface area contributed by atoms with E-state index in [1.54, 1.807) is 26.0 Å². The first kappa shape index (κ1) is 31.0. The van der Waals surface area contributed by atoms with Gasteiger partial charge in [-0.1, -0.05) is 80.8 Å². The molecule has 0 unspecified atom stereocenters. The highest BCUT2D eigenvalue weighted by molar-refractivity contribution is 6.23. The van der Waals surface area contributed by atoms with Gasteiger partial charge in [0.2, 0.25) is 5.60 Å². The van der Waals surface area contributed by atoms with E-state index in [0.717, 1.165) is 36.8 Å². The lowest BCUT2D eigenvalue weighted by Gasteiger charge is -2.48. The molecule has 2 heterocycles. The molecule has 0 radical (unpaired) electrons. The van der Waals surface area contributed by atoms with E-state index in [4.69, 9.17) is 30.6 Å². The minimum Gasteiger partial charge on any atom is -0.373 e. The summed E-state index contributed by atoms with van der Waals surface area (Å²) in [5, 5.41) is 0.260. The molecule has 9 heteroatoms. The molecule has 2 aliphatic carbocycles. The van der Waals surface area contributed by atoms with Gasteiger partial charge in [-0.25, -0.2) is 4.79 Å². The first-order valence-electron chi connectivity index (χ1n) is 15.3. The molecule has 3 fully saturated rings. The first-order chi connectivity index (χ1) is 20.8. The van der Waals surface area contributed by atoms with E-state index in [-0.39, 0.29) is 40.5 Å². The number of alkyl halides is 1. The highest BCUT2D eigenvalue weighted by atomic mass is 35.5.